The summed E-state index contributed by atoms with van der Waals surface area (Å²) in [5, 5.41) is 0.649. The first-order valence-electron chi connectivity index (χ1n) is 6.36. The Kier molecular flexibility index (Phi) is 3.74. The molecule has 0 saturated carbocycles. The van der Waals surface area contributed by atoms with Crippen LogP contribution < -0.4 is 4.74 Å². The lowest BCUT2D eigenvalue weighted by atomic mass is 10.2. The van der Waals surface area contributed by atoms with E-state index in [2.05, 4.69) is 15.9 Å². The summed E-state index contributed by atoms with van der Waals surface area (Å²) < 4.78 is 22.3. The number of rotatable bonds is 4. The van der Waals surface area contributed by atoms with Crippen LogP contribution in [-0.4, -0.2) is 11.2 Å². The molecule has 1 aromatic heterocycles. The monoisotopic (exact) mass is 333 g/mol. The van der Waals surface area contributed by atoms with Crippen molar-refractivity contribution >= 4 is 26.8 Å². The van der Waals surface area contributed by atoms with Crippen LogP contribution in [0.15, 0.2) is 59.2 Å². The lowest BCUT2D eigenvalue weighted by Gasteiger charge is -2.08. The highest BCUT2D eigenvalue weighted by molar-refractivity contribution is 9.10. The average molecular weight is 334 g/mol. The minimum Gasteiger partial charge on any atom is -0.492 e. The Bertz CT molecular complexity index is 721. The van der Waals surface area contributed by atoms with Crippen molar-refractivity contribution in [3.8, 4) is 5.75 Å². The van der Waals surface area contributed by atoms with E-state index in [0.29, 0.717) is 18.5 Å². The van der Waals surface area contributed by atoms with Crippen molar-refractivity contribution in [2.75, 3.05) is 6.61 Å². The van der Waals surface area contributed by atoms with Crippen molar-refractivity contribution in [1.82, 2.24) is 4.57 Å². The molecule has 102 valence electrons. The number of hydrogen-bond donors (Lipinski definition) is 0. The van der Waals surface area contributed by atoms with Gasteiger partial charge in [0, 0.05) is 16.1 Å². The summed E-state index contributed by atoms with van der Waals surface area (Å²) in [5.74, 6) is 0.644. The summed E-state index contributed by atoms with van der Waals surface area (Å²) in [4.78, 5) is 0. The molecule has 3 rings (SSSR count). The van der Waals surface area contributed by atoms with Gasteiger partial charge in [-0.25, -0.2) is 4.39 Å². The molecular weight excluding hydrogens is 321 g/mol. The van der Waals surface area contributed by atoms with Gasteiger partial charge in [0.15, 0.2) is 0 Å². The Balaban J connectivity index is 1.68. The minimum atomic E-state index is -0.185. The number of ether oxygens (including phenoxy) is 1. The van der Waals surface area contributed by atoms with Gasteiger partial charge in [-0.3, -0.25) is 0 Å². The molecule has 0 aliphatic heterocycles. The number of aromatic nitrogens is 1. The average Bonchev–Trinajstić information content (AvgIpc) is 2.86. The first-order valence-corrected chi connectivity index (χ1v) is 7.15. The van der Waals surface area contributed by atoms with Gasteiger partial charge in [0.1, 0.15) is 18.2 Å². The van der Waals surface area contributed by atoms with Crippen LogP contribution in [0, 0.1) is 5.82 Å². The third-order valence-corrected chi connectivity index (χ3v) is 3.70. The van der Waals surface area contributed by atoms with Crippen LogP contribution in [0.3, 0.4) is 0 Å². The second kappa shape index (κ2) is 5.67. The SMILES string of the molecule is Fc1cccc2c1ccn2CCOc1ccc(Br)cc1. The third-order valence-electron chi connectivity index (χ3n) is 3.18. The molecule has 1 heterocycles. The largest absolute Gasteiger partial charge is 0.492 e. The molecule has 0 aliphatic rings. The topological polar surface area (TPSA) is 14.2 Å². The fourth-order valence-corrected chi connectivity index (χ4v) is 2.44. The van der Waals surface area contributed by atoms with Gasteiger partial charge >= 0.3 is 0 Å². The molecule has 0 radical (unpaired) electrons. The minimum absolute atomic E-state index is 0.185. The first kappa shape index (κ1) is 13.2. The molecule has 0 bridgehead atoms. The molecule has 4 heteroatoms. The third kappa shape index (κ3) is 2.70. The maximum absolute atomic E-state index is 13.6. The Morgan fingerprint density at radius 3 is 2.65 bits per heavy atom. The van der Waals surface area contributed by atoms with Crippen molar-refractivity contribution in [3.63, 3.8) is 0 Å². The van der Waals surface area contributed by atoms with Crippen LogP contribution in [0.1, 0.15) is 0 Å². The van der Waals surface area contributed by atoms with E-state index in [9.17, 15) is 4.39 Å². The van der Waals surface area contributed by atoms with E-state index in [1.54, 1.807) is 12.1 Å². The molecular formula is C16H13BrFNO. The molecule has 0 spiro atoms. The van der Waals surface area contributed by atoms with Crippen LogP contribution in [0.5, 0.6) is 5.75 Å². The molecule has 0 fully saturated rings. The Morgan fingerprint density at radius 2 is 1.85 bits per heavy atom. The second-order valence-corrected chi connectivity index (χ2v) is 5.40. The summed E-state index contributed by atoms with van der Waals surface area (Å²) in [5.41, 5.74) is 0.893. The van der Waals surface area contributed by atoms with Gasteiger partial charge in [-0.05, 0) is 42.5 Å². The molecule has 20 heavy (non-hydrogen) atoms. The van der Waals surface area contributed by atoms with Gasteiger partial charge in [-0.1, -0.05) is 22.0 Å². The molecule has 2 nitrogen and oxygen atoms in total. The van der Waals surface area contributed by atoms with Crippen LogP contribution in [-0.2, 0) is 6.54 Å². The lowest BCUT2D eigenvalue weighted by Crippen LogP contribution is -2.07. The molecule has 0 amide bonds. The summed E-state index contributed by atoms with van der Waals surface area (Å²) in [6.07, 6.45) is 1.89. The normalized spacial score (nSPS) is 10.9. The predicted molar refractivity (Wildman–Crippen MR) is 81.5 cm³/mol. The van der Waals surface area contributed by atoms with E-state index in [0.717, 1.165) is 15.7 Å². The van der Waals surface area contributed by atoms with Crippen molar-refractivity contribution < 1.29 is 9.13 Å². The van der Waals surface area contributed by atoms with Gasteiger partial charge in [-0.2, -0.15) is 0 Å². The Labute approximate surface area is 124 Å². The van der Waals surface area contributed by atoms with Crippen molar-refractivity contribution in [2.45, 2.75) is 6.54 Å². The molecule has 0 unspecified atom stereocenters. The van der Waals surface area contributed by atoms with Crippen LogP contribution in [0.2, 0.25) is 0 Å². The van der Waals surface area contributed by atoms with Gasteiger partial charge in [0.2, 0.25) is 0 Å². The van der Waals surface area contributed by atoms with Gasteiger partial charge in [0.25, 0.3) is 0 Å². The van der Waals surface area contributed by atoms with Crippen LogP contribution >= 0.6 is 15.9 Å². The number of fused-ring (bicyclic) bond motifs is 1. The smallest absolute Gasteiger partial charge is 0.132 e. The summed E-state index contributed by atoms with van der Waals surface area (Å²) >= 11 is 3.38. The zero-order chi connectivity index (χ0) is 13.9. The van der Waals surface area contributed by atoms with Gasteiger partial charge in [-0.15, -0.1) is 0 Å². The van der Waals surface area contributed by atoms with E-state index in [1.165, 1.54) is 6.07 Å². The lowest BCUT2D eigenvalue weighted by molar-refractivity contribution is 0.300. The second-order valence-electron chi connectivity index (χ2n) is 4.48. The maximum atomic E-state index is 13.6. The van der Waals surface area contributed by atoms with Gasteiger partial charge < -0.3 is 9.30 Å². The van der Waals surface area contributed by atoms with E-state index < -0.39 is 0 Å². The quantitative estimate of drug-likeness (QED) is 0.679. The van der Waals surface area contributed by atoms with E-state index in [1.807, 2.05) is 41.1 Å². The van der Waals surface area contributed by atoms with Gasteiger partial charge in [0.05, 0.1) is 12.1 Å². The maximum Gasteiger partial charge on any atom is 0.132 e. The molecule has 0 atom stereocenters. The van der Waals surface area contributed by atoms with Crippen molar-refractivity contribution in [2.24, 2.45) is 0 Å². The summed E-state index contributed by atoms with van der Waals surface area (Å²) in [6, 6.07) is 14.6. The fraction of sp³-hybridized carbons (Fsp3) is 0.125. The van der Waals surface area contributed by atoms with E-state index in [4.69, 9.17) is 4.74 Å². The number of benzene rings is 2. The van der Waals surface area contributed by atoms with Crippen molar-refractivity contribution in [1.29, 1.82) is 0 Å². The number of nitrogens with zero attached hydrogens (tertiary/aromatic N) is 1. The summed E-state index contributed by atoms with van der Waals surface area (Å²) in [6.45, 7) is 1.23. The van der Waals surface area contributed by atoms with Crippen LogP contribution in [0.4, 0.5) is 4.39 Å². The standard InChI is InChI=1S/C16H13BrFNO/c17-12-4-6-13(7-5-12)20-11-10-19-9-8-14-15(18)2-1-3-16(14)19/h1-9H,10-11H2. The molecule has 3 aromatic rings. The zero-order valence-electron chi connectivity index (χ0n) is 10.7. The molecule has 0 aliphatic carbocycles. The number of hydrogen-bond acceptors (Lipinski definition) is 1. The Hall–Kier alpha value is -1.81. The highest BCUT2D eigenvalue weighted by Gasteiger charge is 2.04. The van der Waals surface area contributed by atoms with E-state index in [-0.39, 0.29) is 5.82 Å². The summed E-state index contributed by atoms with van der Waals surface area (Å²) in [7, 11) is 0. The first-order chi connectivity index (χ1) is 9.74. The highest BCUT2D eigenvalue weighted by Crippen LogP contribution is 2.19. The zero-order valence-corrected chi connectivity index (χ0v) is 12.3. The fourth-order valence-electron chi connectivity index (χ4n) is 2.17. The molecule has 0 saturated heterocycles. The van der Waals surface area contributed by atoms with Crippen molar-refractivity contribution in [3.05, 3.63) is 65.0 Å². The number of halogens is 2. The predicted octanol–water partition coefficient (Wildman–Crippen LogP) is 4.62. The highest BCUT2D eigenvalue weighted by atomic mass is 79.9. The molecule has 2 aromatic carbocycles. The van der Waals surface area contributed by atoms with E-state index >= 15 is 0 Å². The van der Waals surface area contributed by atoms with Crippen LogP contribution in [0.25, 0.3) is 10.9 Å². The molecule has 0 N–H and O–H groups in total. The Morgan fingerprint density at radius 1 is 1.05 bits per heavy atom.